The Bertz CT molecular complexity index is 436. The molecule has 1 aromatic rings. The molecule has 19 heavy (non-hydrogen) atoms. The molecule has 1 aliphatic heterocycles. The highest BCUT2D eigenvalue weighted by Crippen LogP contribution is 2.25. The Labute approximate surface area is 113 Å². The molecule has 1 aliphatic rings. The van der Waals surface area contributed by atoms with Crippen LogP contribution >= 0.6 is 0 Å². The molecule has 3 unspecified atom stereocenters. The Morgan fingerprint density at radius 1 is 1.32 bits per heavy atom. The first-order valence-electron chi connectivity index (χ1n) is 6.88. The van der Waals surface area contributed by atoms with Crippen LogP contribution in [0.2, 0.25) is 0 Å². The summed E-state index contributed by atoms with van der Waals surface area (Å²) in [4.78, 5) is 2.23. The van der Waals surface area contributed by atoms with Gasteiger partial charge in [-0.15, -0.1) is 0 Å². The summed E-state index contributed by atoms with van der Waals surface area (Å²) in [5.74, 6) is -0.199. The van der Waals surface area contributed by atoms with Gasteiger partial charge >= 0.3 is 0 Å². The van der Waals surface area contributed by atoms with E-state index < -0.39 is 0 Å². The van der Waals surface area contributed by atoms with Crippen LogP contribution in [-0.2, 0) is 6.54 Å². The van der Waals surface area contributed by atoms with Gasteiger partial charge < -0.3 is 5.32 Å². The monoisotopic (exact) mass is 268 g/mol. The number of halogens is 2. The lowest BCUT2D eigenvalue weighted by Gasteiger charge is -2.42. The summed E-state index contributed by atoms with van der Waals surface area (Å²) >= 11 is 0. The van der Waals surface area contributed by atoms with Crippen LogP contribution in [0.4, 0.5) is 8.78 Å². The Morgan fingerprint density at radius 3 is 2.74 bits per heavy atom. The van der Waals surface area contributed by atoms with Crippen molar-refractivity contribution in [3.8, 4) is 0 Å². The van der Waals surface area contributed by atoms with Gasteiger partial charge in [0.2, 0.25) is 0 Å². The van der Waals surface area contributed by atoms with Crippen molar-refractivity contribution in [3.05, 3.63) is 35.4 Å². The van der Waals surface area contributed by atoms with Crippen LogP contribution in [0, 0.1) is 17.6 Å². The number of nitrogens with one attached hydrogen (secondary N) is 1. The highest BCUT2D eigenvalue weighted by atomic mass is 19.1. The Morgan fingerprint density at radius 2 is 2.05 bits per heavy atom. The number of hydrogen-bond donors (Lipinski definition) is 1. The number of likely N-dealkylation sites (tertiary alicyclic amines) is 1. The third-order valence-corrected chi connectivity index (χ3v) is 4.45. The average Bonchev–Trinajstić information content (AvgIpc) is 2.39. The summed E-state index contributed by atoms with van der Waals surface area (Å²) in [6.07, 6.45) is 1.04. The molecule has 0 aromatic heterocycles. The van der Waals surface area contributed by atoms with E-state index >= 15 is 0 Å². The van der Waals surface area contributed by atoms with Gasteiger partial charge in [-0.1, -0.05) is 6.92 Å². The molecular weight excluding hydrogens is 246 g/mol. The molecule has 1 heterocycles. The van der Waals surface area contributed by atoms with Crippen molar-refractivity contribution in [2.75, 3.05) is 13.6 Å². The van der Waals surface area contributed by atoms with Gasteiger partial charge in [-0.3, -0.25) is 4.90 Å². The van der Waals surface area contributed by atoms with Crippen LogP contribution < -0.4 is 5.32 Å². The van der Waals surface area contributed by atoms with Gasteiger partial charge in [0.25, 0.3) is 0 Å². The fraction of sp³-hybridized carbons (Fsp3) is 0.600. The van der Waals surface area contributed by atoms with Crippen molar-refractivity contribution in [2.45, 2.75) is 38.9 Å². The predicted molar refractivity (Wildman–Crippen MR) is 72.9 cm³/mol. The van der Waals surface area contributed by atoms with Gasteiger partial charge in [0.1, 0.15) is 11.6 Å². The molecule has 3 atom stereocenters. The highest BCUT2D eigenvalue weighted by molar-refractivity contribution is 5.19. The van der Waals surface area contributed by atoms with E-state index in [9.17, 15) is 8.78 Å². The lowest BCUT2D eigenvalue weighted by molar-refractivity contribution is 0.0800. The Balaban J connectivity index is 2.09. The van der Waals surface area contributed by atoms with Crippen molar-refractivity contribution >= 4 is 0 Å². The van der Waals surface area contributed by atoms with Crippen molar-refractivity contribution in [1.82, 2.24) is 10.2 Å². The second kappa shape index (κ2) is 5.97. The molecule has 0 aliphatic carbocycles. The minimum absolute atomic E-state index is 0.322. The largest absolute Gasteiger partial charge is 0.317 e. The molecule has 1 N–H and O–H groups in total. The highest BCUT2D eigenvalue weighted by Gasteiger charge is 2.31. The summed E-state index contributed by atoms with van der Waals surface area (Å²) in [7, 11) is 1.98. The van der Waals surface area contributed by atoms with Gasteiger partial charge in [0.15, 0.2) is 0 Å². The fourth-order valence-electron chi connectivity index (χ4n) is 2.95. The zero-order valence-corrected chi connectivity index (χ0v) is 11.8. The van der Waals surface area contributed by atoms with Crippen molar-refractivity contribution in [3.63, 3.8) is 0 Å². The topological polar surface area (TPSA) is 15.3 Å². The molecule has 0 saturated carbocycles. The van der Waals surface area contributed by atoms with Crippen LogP contribution in [0.5, 0.6) is 0 Å². The number of benzene rings is 1. The summed E-state index contributed by atoms with van der Waals surface area (Å²) in [6, 6.07) is 4.53. The molecule has 0 bridgehead atoms. The van der Waals surface area contributed by atoms with Gasteiger partial charge in [-0.2, -0.15) is 0 Å². The van der Waals surface area contributed by atoms with Crippen LogP contribution in [0.15, 0.2) is 18.2 Å². The lowest BCUT2D eigenvalue weighted by atomic mass is 9.87. The zero-order chi connectivity index (χ0) is 14.0. The summed E-state index contributed by atoms with van der Waals surface area (Å²) in [6.45, 7) is 5.75. The lowest BCUT2D eigenvalue weighted by Crippen LogP contribution is -2.52. The SMILES string of the molecule is CNC1CCN(Cc2cc(F)ccc2F)C(C)C1C. The zero-order valence-electron chi connectivity index (χ0n) is 11.8. The minimum atomic E-state index is -0.373. The van der Waals surface area contributed by atoms with Crippen molar-refractivity contribution in [1.29, 1.82) is 0 Å². The first-order valence-corrected chi connectivity index (χ1v) is 6.88. The summed E-state index contributed by atoms with van der Waals surface area (Å²) in [5, 5.41) is 3.33. The molecule has 1 fully saturated rings. The predicted octanol–water partition coefficient (Wildman–Crippen LogP) is 2.78. The maximum Gasteiger partial charge on any atom is 0.127 e. The smallest absolute Gasteiger partial charge is 0.127 e. The molecule has 1 aromatic carbocycles. The molecule has 106 valence electrons. The molecular formula is C15H22F2N2. The molecule has 1 saturated heterocycles. The summed E-state index contributed by atoms with van der Waals surface area (Å²) < 4.78 is 26.9. The van der Waals surface area contributed by atoms with E-state index in [1.165, 1.54) is 12.1 Å². The van der Waals surface area contributed by atoms with E-state index in [2.05, 4.69) is 24.1 Å². The van der Waals surface area contributed by atoms with Gasteiger partial charge in [0, 0.05) is 30.7 Å². The maximum atomic E-state index is 13.7. The van der Waals surface area contributed by atoms with Crippen LogP contribution in [-0.4, -0.2) is 30.6 Å². The first-order chi connectivity index (χ1) is 9.02. The van der Waals surface area contributed by atoms with Crippen molar-refractivity contribution < 1.29 is 8.78 Å². The van der Waals surface area contributed by atoms with E-state index in [1.807, 2.05) is 7.05 Å². The van der Waals surface area contributed by atoms with Gasteiger partial charge in [-0.25, -0.2) is 8.78 Å². The van der Waals surface area contributed by atoms with Crippen LogP contribution in [0.3, 0.4) is 0 Å². The van der Waals surface area contributed by atoms with E-state index in [0.29, 0.717) is 30.1 Å². The van der Waals surface area contributed by atoms with Gasteiger partial charge in [0.05, 0.1) is 0 Å². The quantitative estimate of drug-likeness (QED) is 0.907. The van der Waals surface area contributed by atoms with Crippen LogP contribution in [0.1, 0.15) is 25.8 Å². The van der Waals surface area contributed by atoms with E-state index in [0.717, 1.165) is 19.0 Å². The standard InChI is InChI=1S/C15H22F2N2/c1-10-11(2)19(7-6-15(10)18-3)9-12-8-13(16)4-5-14(12)17/h4-5,8,10-11,15,18H,6-7,9H2,1-3H3. The second-order valence-electron chi connectivity index (χ2n) is 5.49. The maximum absolute atomic E-state index is 13.7. The average molecular weight is 268 g/mol. The normalized spacial score (nSPS) is 28.6. The van der Waals surface area contributed by atoms with E-state index in [1.54, 1.807) is 0 Å². The third kappa shape index (κ3) is 3.12. The van der Waals surface area contributed by atoms with Gasteiger partial charge in [-0.05, 0) is 44.5 Å². The molecule has 4 heteroatoms. The Kier molecular flexibility index (Phi) is 4.53. The molecule has 2 rings (SSSR count). The Hall–Kier alpha value is -1.00. The van der Waals surface area contributed by atoms with E-state index in [4.69, 9.17) is 0 Å². The number of rotatable bonds is 3. The molecule has 0 radical (unpaired) electrons. The first kappa shape index (κ1) is 14.4. The minimum Gasteiger partial charge on any atom is -0.317 e. The summed E-state index contributed by atoms with van der Waals surface area (Å²) in [5.41, 5.74) is 0.446. The molecule has 2 nitrogen and oxygen atoms in total. The number of nitrogens with zero attached hydrogens (tertiary/aromatic N) is 1. The van der Waals surface area contributed by atoms with Crippen LogP contribution in [0.25, 0.3) is 0 Å². The van der Waals surface area contributed by atoms with Crippen molar-refractivity contribution in [2.24, 2.45) is 5.92 Å². The number of piperidine rings is 1. The molecule has 0 amide bonds. The molecule has 0 spiro atoms. The number of hydrogen-bond acceptors (Lipinski definition) is 2. The fourth-order valence-corrected chi connectivity index (χ4v) is 2.95. The van der Waals surface area contributed by atoms with E-state index in [-0.39, 0.29) is 11.6 Å². The second-order valence-corrected chi connectivity index (χ2v) is 5.49. The third-order valence-electron chi connectivity index (χ3n) is 4.45.